The van der Waals surface area contributed by atoms with Gasteiger partial charge in [0.25, 0.3) is 0 Å². The number of methoxy groups -OCH3 is 1. The molecule has 0 spiro atoms. The largest absolute Gasteiger partial charge is 0.417 e. The number of hydrogen-bond acceptors (Lipinski definition) is 3. The number of nitrogens with one attached hydrogen (secondary N) is 1. The van der Waals surface area contributed by atoms with Crippen molar-refractivity contribution in [3.63, 3.8) is 0 Å². The Morgan fingerprint density at radius 1 is 1.35 bits per heavy atom. The first kappa shape index (κ1) is 16.3. The van der Waals surface area contributed by atoms with Crippen LogP contribution in [0.3, 0.4) is 0 Å². The minimum atomic E-state index is -4.52. The molecule has 0 aromatic heterocycles. The van der Waals surface area contributed by atoms with Crippen LogP contribution in [-0.4, -0.2) is 19.8 Å². The molecule has 0 heterocycles. The summed E-state index contributed by atoms with van der Waals surface area (Å²) in [6, 6.07) is 5.01. The SMILES string of the molecule is COCC(Nc1ccc(C(F)(F)F)c(C#N)c1)C(C)C. The van der Waals surface area contributed by atoms with Crippen LogP contribution in [-0.2, 0) is 10.9 Å². The zero-order valence-electron chi connectivity index (χ0n) is 11.6. The minimum absolute atomic E-state index is 0.0386. The van der Waals surface area contributed by atoms with Crippen LogP contribution in [0.5, 0.6) is 0 Å². The quantitative estimate of drug-likeness (QED) is 0.898. The Kier molecular flexibility index (Phi) is 5.40. The maximum absolute atomic E-state index is 12.7. The summed E-state index contributed by atoms with van der Waals surface area (Å²) >= 11 is 0. The molecule has 0 bridgehead atoms. The van der Waals surface area contributed by atoms with Crippen LogP contribution in [0.1, 0.15) is 25.0 Å². The van der Waals surface area contributed by atoms with Gasteiger partial charge in [0.1, 0.15) is 0 Å². The fourth-order valence-electron chi connectivity index (χ4n) is 1.77. The standard InChI is InChI=1S/C14H17F3N2O/c1-9(2)13(8-20-3)19-11-4-5-12(14(15,16)17)10(6-11)7-18/h4-6,9,13,19H,8H2,1-3H3. The first-order valence-corrected chi connectivity index (χ1v) is 6.16. The number of anilines is 1. The van der Waals surface area contributed by atoms with Crippen LogP contribution in [0.4, 0.5) is 18.9 Å². The van der Waals surface area contributed by atoms with Crippen LogP contribution < -0.4 is 5.32 Å². The second kappa shape index (κ2) is 6.62. The summed E-state index contributed by atoms with van der Waals surface area (Å²) in [6.45, 7) is 4.39. The van der Waals surface area contributed by atoms with Crippen molar-refractivity contribution in [2.45, 2.75) is 26.1 Å². The molecule has 0 fully saturated rings. The molecule has 0 amide bonds. The van der Waals surface area contributed by atoms with Crippen molar-refractivity contribution >= 4 is 5.69 Å². The summed E-state index contributed by atoms with van der Waals surface area (Å²) in [6.07, 6.45) is -4.52. The molecule has 0 saturated carbocycles. The van der Waals surface area contributed by atoms with Gasteiger partial charge in [0.2, 0.25) is 0 Å². The summed E-state index contributed by atoms with van der Waals surface area (Å²) < 4.78 is 43.1. The Balaban J connectivity index is 3.02. The average Bonchev–Trinajstić information content (AvgIpc) is 2.36. The smallest absolute Gasteiger partial charge is 0.383 e. The van der Waals surface area contributed by atoms with Crippen molar-refractivity contribution in [1.82, 2.24) is 0 Å². The molecule has 1 N–H and O–H groups in total. The molecule has 0 radical (unpaired) electrons. The molecule has 1 atom stereocenters. The Morgan fingerprint density at radius 3 is 2.45 bits per heavy atom. The second-order valence-electron chi connectivity index (χ2n) is 4.82. The Morgan fingerprint density at radius 2 is 2.00 bits per heavy atom. The van der Waals surface area contributed by atoms with Crippen LogP contribution in [0, 0.1) is 17.2 Å². The number of rotatable bonds is 5. The Hall–Kier alpha value is -1.74. The molecular weight excluding hydrogens is 269 g/mol. The van der Waals surface area contributed by atoms with Gasteiger partial charge in [-0.05, 0) is 24.1 Å². The van der Waals surface area contributed by atoms with Gasteiger partial charge in [0.05, 0.1) is 29.8 Å². The highest BCUT2D eigenvalue weighted by molar-refractivity contribution is 5.54. The van der Waals surface area contributed by atoms with E-state index in [-0.39, 0.29) is 17.5 Å². The van der Waals surface area contributed by atoms with Gasteiger partial charge in [-0.3, -0.25) is 0 Å². The lowest BCUT2D eigenvalue weighted by molar-refractivity contribution is -0.137. The lowest BCUT2D eigenvalue weighted by Crippen LogP contribution is -2.30. The highest BCUT2D eigenvalue weighted by Gasteiger charge is 2.33. The molecule has 1 aromatic rings. The first-order valence-electron chi connectivity index (χ1n) is 6.16. The average molecular weight is 286 g/mol. The van der Waals surface area contributed by atoms with Crippen molar-refractivity contribution < 1.29 is 17.9 Å². The van der Waals surface area contributed by atoms with Gasteiger partial charge >= 0.3 is 6.18 Å². The lowest BCUT2D eigenvalue weighted by atomic mass is 10.0. The van der Waals surface area contributed by atoms with Crippen molar-refractivity contribution in [1.29, 1.82) is 5.26 Å². The summed E-state index contributed by atoms with van der Waals surface area (Å²) in [7, 11) is 1.56. The maximum atomic E-state index is 12.7. The monoisotopic (exact) mass is 286 g/mol. The Bertz CT molecular complexity index is 492. The third-order valence-corrected chi connectivity index (χ3v) is 2.95. The summed E-state index contributed by atoms with van der Waals surface area (Å²) in [5.74, 6) is 0.239. The predicted octanol–water partition coefficient (Wildman–Crippen LogP) is 3.66. The van der Waals surface area contributed by atoms with Crippen molar-refractivity contribution in [2.75, 3.05) is 19.0 Å². The predicted molar refractivity (Wildman–Crippen MR) is 70.3 cm³/mol. The molecule has 20 heavy (non-hydrogen) atoms. The van der Waals surface area contributed by atoms with Crippen LogP contribution in [0.2, 0.25) is 0 Å². The van der Waals surface area contributed by atoms with Crippen LogP contribution in [0.25, 0.3) is 0 Å². The van der Waals surface area contributed by atoms with E-state index in [4.69, 9.17) is 10.00 Å². The second-order valence-corrected chi connectivity index (χ2v) is 4.82. The third-order valence-electron chi connectivity index (χ3n) is 2.95. The van der Waals surface area contributed by atoms with Crippen molar-refractivity contribution in [2.24, 2.45) is 5.92 Å². The van der Waals surface area contributed by atoms with Crippen LogP contribution in [0.15, 0.2) is 18.2 Å². The van der Waals surface area contributed by atoms with Gasteiger partial charge in [0, 0.05) is 12.8 Å². The van der Waals surface area contributed by atoms with Gasteiger partial charge in [-0.25, -0.2) is 0 Å². The number of alkyl halides is 3. The summed E-state index contributed by atoms with van der Waals surface area (Å²) in [4.78, 5) is 0. The highest BCUT2D eigenvalue weighted by atomic mass is 19.4. The minimum Gasteiger partial charge on any atom is -0.383 e. The number of nitrogens with zero attached hydrogens (tertiary/aromatic N) is 1. The van der Waals surface area contributed by atoms with E-state index in [1.165, 1.54) is 12.1 Å². The zero-order chi connectivity index (χ0) is 15.3. The van der Waals surface area contributed by atoms with E-state index in [2.05, 4.69) is 5.32 Å². The number of hydrogen-bond donors (Lipinski definition) is 1. The third kappa shape index (κ3) is 4.14. The molecule has 1 aromatic carbocycles. The van der Waals surface area contributed by atoms with E-state index < -0.39 is 11.7 Å². The summed E-state index contributed by atoms with van der Waals surface area (Å²) in [5, 5.41) is 11.9. The van der Waals surface area contributed by atoms with Gasteiger partial charge in [0.15, 0.2) is 0 Å². The van der Waals surface area contributed by atoms with Gasteiger partial charge < -0.3 is 10.1 Å². The van der Waals surface area contributed by atoms with E-state index in [1.807, 2.05) is 13.8 Å². The molecule has 6 heteroatoms. The van der Waals surface area contributed by atoms with E-state index >= 15 is 0 Å². The van der Waals surface area contributed by atoms with Crippen molar-refractivity contribution in [3.05, 3.63) is 29.3 Å². The van der Waals surface area contributed by atoms with E-state index in [9.17, 15) is 13.2 Å². The zero-order valence-corrected chi connectivity index (χ0v) is 11.6. The van der Waals surface area contributed by atoms with E-state index in [0.29, 0.717) is 12.3 Å². The first-order chi connectivity index (χ1) is 9.29. The van der Waals surface area contributed by atoms with Gasteiger partial charge in [-0.2, -0.15) is 18.4 Å². The number of halogens is 3. The Labute approximate surface area is 116 Å². The topological polar surface area (TPSA) is 45.0 Å². The molecule has 0 aliphatic rings. The molecule has 0 aliphatic heterocycles. The molecule has 1 unspecified atom stereocenters. The molecular formula is C14H17F3N2O. The van der Waals surface area contributed by atoms with Crippen LogP contribution >= 0.6 is 0 Å². The normalized spacial score (nSPS) is 13.1. The van der Waals surface area contributed by atoms with Crippen molar-refractivity contribution in [3.8, 4) is 6.07 Å². The fourth-order valence-corrected chi connectivity index (χ4v) is 1.77. The highest BCUT2D eigenvalue weighted by Crippen LogP contribution is 2.33. The molecule has 110 valence electrons. The number of ether oxygens (including phenoxy) is 1. The van der Waals surface area contributed by atoms with E-state index in [1.54, 1.807) is 13.2 Å². The number of benzene rings is 1. The molecule has 0 saturated heterocycles. The van der Waals surface area contributed by atoms with Gasteiger partial charge in [-0.1, -0.05) is 13.8 Å². The lowest BCUT2D eigenvalue weighted by Gasteiger charge is -2.23. The molecule has 0 aliphatic carbocycles. The maximum Gasteiger partial charge on any atom is 0.417 e. The fraction of sp³-hybridized carbons (Fsp3) is 0.500. The number of nitriles is 1. The molecule has 1 rings (SSSR count). The van der Waals surface area contributed by atoms with E-state index in [0.717, 1.165) is 6.07 Å². The van der Waals surface area contributed by atoms with Gasteiger partial charge in [-0.15, -0.1) is 0 Å². The summed E-state index contributed by atoms with van der Waals surface area (Å²) in [5.41, 5.74) is -0.828. The molecule has 3 nitrogen and oxygen atoms in total.